The largest absolute Gasteiger partial charge is 0.444 e. The SMILES string of the molecule is CCC(C(C)=NC)(C(C)C)n1ccc2c(NC(=O)OC(C)(C)C)cccc21. The third kappa shape index (κ3) is 4.02. The van der Waals surface area contributed by atoms with Gasteiger partial charge in [-0.05, 0) is 58.2 Å². The Bertz CT molecular complexity index is 843. The monoisotopic (exact) mass is 371 g/mol. The van der Waals surface area contributed by atoms with Crippen LogP contribution in [0.2, 0.25) is 0 Å². The van der Waals surface area contributed by atoms with Crippen molar-refractivity contribution < 1.29 is 9.53 Å². The topological polar surface area (TPSA) is 55.6 Å². The minimum atomic E-state index is -0.534. The molecular formula is C22H33N3O2. The van der Waals surface area contributed by atoms with Gasteiger partial charge in [-0.15, -0.1) is 0 Å². The van der Waals surface area contributed by atoms with Gasteiger partial charge in [0.2, 0.25) is 0 Å². The second kappa shape index (κ2) is 7.75. The normalized spacial score (nSPS) is 15.1. The first-order chi connectivity index (χ1) is 12.6. The molecule has 0 aliphatic rings. The third-order valence-corrected chi connectivity index (χ3v) is 5.25. The molecular weight excluding hydrogens is 338 g/mol. The number of nitrogens with one attached hydrogen (secondary N) is 1. The van der Waals surface area contributed by atoms with Crippen LogP contribution in [-0.2, 0) is 10.3 Å². The van der Waals surface area contributed by atoms with E-state index in [1.165, 1.54) is 0 Å². The maximum Gasteiger partial charge on any atom is 0.412 e. The van der Waals surface area contributed by atoms with Crippen molar-refractivity contribution in [3.63, 3.8) is 0 Å². The standard InChI is InChI=1S/C22H33N3O2/c1-9-22(15(2)3,16(4)23-8)25-14-13-17-18(11-10-12-19(17)25)24-20(26)27-21(5,6)7/h10-15H,9H2,1-8H3,(H,24,26). The van der Waals surface area contributed by atoms with Gasteiger partial charge in [0.1, 0.15) is 5.60 Å². The van der Waals surface area contributed by atoms with Crippen LogP contribution in [0.15, 0.2) is 35.5 Å². The molecule has 1 N–H and O–H groups in total. The molecule has 0 spiro atoms. The summed E-state index contributed by atoms with van der Waals surface area (Å²) in [6, 6.07) is 8.01. The highest BCUT2D eigenvalue weighted by atomic mass is 16.6. The number of aliphatic imine (C=N–C) groups is 1. The molecule has 0 bridgehead atoms. The summed E-state index contributed by atoms with van der Waals surface area (Å²) in [5, 5.41) is 3.88. The summed E-state index contributed by atoms with van der Waals surface area (Å²) >= 11 is 0. The lowest BCUT2D eigenvalue weighted by Crippen LogP contribution is -2.44. The van der Waals surface area contributed by atoms with Crippen LogP contribution >= 0.6 is 0 Å². The van der Waals surface area contributed by atoms with Crippen molar-refractivity contribution in [2.75, 3.05) is 12.4 Å². The summed E-state index contributed by atoms with van der Waals surface area (Å²) in [7, 11) is 1.85. The zero-order chi connectivity index (χ0) is 20.4. The van der Waals surface area contributed by atoms with E-state index in [1.54, 1.807) is 0 Å². The molecule has 5 heteroatoms. The molecule has 0 fully saturated rings. The van der Waals surface area contributed by atoms with Crippen molar-refractivity contribution >= 4 is 28.4 Å². The summed E-state index contributed by atoms with van der Waals surface area (Å²) in [6.07, 6.45) is 2.59. The quantitative estimate of drug-likeness (QED) is 0.671. The Balaban J connectivity index is 2.55. The van der Waals surface area contributed by atoms with Crippen molar-refractivity contribution in [2.45, 2.75) is 66.0 Å². The smallest absolute Gasteiger partial charge is 0.412 e. The van der Waals surface area contributed by atoms with E-state index in [0.717, 1.165) is 28.7 Å². The number of carbonyl (C=O) groups is 1. The van der Waals surface area contributed by atoms with Crippen LogP contribution in [0.1, 0.15) is 54.9 Å². The Labute approximate surface area is 162 Å². The molecule has 27 heavy (non-hydrogen) atoms. The maximum absolute atomic E-state index is 12.2. The highest BCUT2D eigenvalue weighted by Gasteiger charge is 2.37. The van der Waals surface area contributed by atoms with Crippen LogP contribution in [0.3, 0.4) is 0 Å². The zero-order valence-corrected chi connectivity index (χ0v) is 17.9. The van der Waals surface area contributed by atoms with Gasteiger partial charge in [0.05, 0.1) is 16.7 Å². The zero-order valence-electron chi connectivity index (χ0n) is 17.9. The molecule has 1 aromatic heterocycles. The second-order valence-corrected chi connectivity index (χ2v) is 8.29. The summed E-state index contributed by atoms with van der Waals surface area (Å²) in [5.41, 5.74) is 2.18. The molecule has 0 radical (unpaired) electrons. The van der Waals surface area contributed by atoms with Crippen LogP contribution in [0.4, 0.5) is 10.5 Å². The first-order valence-electron chi connectivity index (χ1n) is 9.61. The Morgan fingerprint density at radius 3 is 2.44 bits per heavy atom. The van der Waals surface area contributed by atoms with Crippen molar-refractivity contribution in [3.8, 4) is 0 Å². The van der Waals surface area contributed by atoms with E-state index in [-0.39, 0.29) is 5.54 Å². The van der Waals surface area contributed by atoms with Crippen molar-refractivity contribution in [2.24, 2.45) is 10.9 Å². The van der Waals surface area contributed by atoms with Crippen molar-refractivity contribution in [3.05, 3.63) is 30.5 Å². The van der Waals surface area contributed by atoms with Crippen molar-refractivity contribution in [1.82, 2.24) is 4.57 Å². The van der Waals surface area contributed by atoms with Crippen molar-refractivity contribution in [1.29, 1.82) is 0 Å². The van der Waals surface area contributed by atoms with Crippen LogP contribution < -0.4 is 5.32 Å². The fraction of sp³-hybridized carbons (Fsp3) is 0.545. The van der Waals surface area contributed by atoms with Gasteiger partial charge < -0.3 is 9.30 Å². The van der Waals surface area contributed by atoms with E-state index in [2.05, 4.69) is 60.9 Å². The molecule has 1 amide bonds. The lowest BCUT2D eigenvalue weighted by molar-refractivity contribution is 0.0636. The highest BCUT2D eigenvalue weighted by Crippen LogP contribution is 2.37. The van der Waals surface area contributed by atoms with E-state index in [4.69, 9.17) is 4.74 Å². The highest BCUT2D eigenvalue weighted by molar-refractivity contribution is 6.01. The van der Waals surface area contributed by atoms with Crippen LogP contribution in [-0.4, -0.2) is 29.0 Å². The van der Waals surface area contributed by atoms with Gasteiger partial charge >= 0.3 is 6.09 Å². The van der Waals surface area contributed by atoms with Gasteiger partial charge in [-0.3, -0.25) is 10.3 Å². The van der Waals surface area contributed by atoms with Crippen LogP contribution in [0, 0.1) is 5.92 Å². The molecule has 0 aliphatic carbocycles. The van der Waals surface area contributed by atoms with Gasteiger partial charge in [0.15, 0.2) is 0 Å². The number of aromatic nitrogens is 1. The summed E-state index contributed by atoms with van der Waals surface area (Å²) in [5.74, 6) is 0.365. The maximum atomic E-state index is 12.2. The van der Waals surface area contributed by atoms with E-state index in [9.17, 15) is 4.79 Å². The van der Waals surface area contributed by atoms with Gasteiger partial charge in [0, 0.05) is 24.3 Å². The molecule has 0 aliphatic heterocycles. The first-order valence-corrected chi connectivity index (χ1v) is 9.61. The van der Waals surface area contributed by atoms with Gasteiger partial charge in [0.25, 0.3) is 0 Å². The fourth-order valence-corrected chi connectivity index (χ4v) is 3.94. The predicted molar refractivity (Wildman–Crippen MR) is 114 cm³/mol. The number of fused-ring (bicyclic) bond motifs is 1. The molecule has 1 unspecified atom stereocenters. The Morgan fingerprint density at radius 1 is 1.26 bits per heavy atom. The number of ether oxygens (including phenoxy) is 1. The number of anilines is 1. The van der Waals surface area contributed by atoms with Crippen LogP contribution in [0.25, 0.3) is 10.9 Å². The van der Waals surface area contributed by atoms with E-state index >= 15 is 0 Å². The number of rotatable bonds is 5. The number of carbonyl (C=O) groups excluding carboxylic acids is 1. The molecule has 2 aromatic rings. The lowest BCUT2D eigenvalue weighted by Gasteiger charge is -2.39. The molecule has 5 nitrogen and oxygen atoms in total. The summed E-state index contributed by atoms with van der Waals surface area (Å²) < 4.78 is 7.70. The van der Waals surface area contributed by atoms with Gasteiger partial charge in [-0.25, -0.2) is 4.79 Å². The summed E-state index contributed by atoms with van der Waals surface area (Å²) in [6.45, 7) is 14.3. The molecule has 0 saturated carbocycles. The number of amides is 1. The van der Waals surface area contributed by atoms with E-state index < -0.39 is 11.7 Å². The average molecular weight is 372 g/mol. The first kappa shape index (κ1) is 21.0. The molecule has 0 saturated heterocycles. The molecule has 1 atom stereocenters. The molecule has 148 valence electrons. The minimum absolute atomic E-state index is 0.207. The summed E-state index contributed by atoms with van der Waals surface area (Å²) in [4.78, 5) is 16.8. The van der Waals surface area contributed by atoms with Gasteiger partial charge in [-0.2, -0.15) is 0 Å². The Morgan fingerprint density at radius 2 is 1.93 bits per heavy atom. The fourth-order valence-electron chi connectivity index (χ4n) is 3.94. The van der Waals surface area contributed by atoms with Crippen LogP contribution in [0.5, 0.6) is 0 Å². The minimum Gasteiger partial charge on any atom is -0.444 e. The predicted octanol–water partition coefficient (Wildman–Crippen LogP) is 5.84. The Hall–Kier alpha value is -2.30. The number of nitrogens with zero attached hydrogens (tertiary/aromatic N) is 2. The average Bonchev–Trinajstić information content (AvgIpc) is 2.99. The number of hydrogen-bond donors (Lipinski definition) is 1. The Kier molecular flexibility index (Phi) is 6.03. The van der Waals surface area contributed by atoms with Gasteiger partial charge in [-0.1, -0.05) is 26.8 Å². The molecule has 1 heterocycles. The lowest BCUT2D eigenvalue weighted by atomic mass is 9.79. The number of benzene rings is 1. The van der Waals surface area contributed by atoms with E-state index in [0.29, 0.717) is 5.92 Å². The second-order valence-electron chi connectivity index (χ2n) is 8.29. The number of hydrogen-bond acceptors (Lipinski definition) is 3. The molecule has 2 rings (SSSR count). The third-order valence-electron chi connectivity index (χ3n) is 5.25. The molecule has 1 aromatic carbocycles. The van der Waals surface area contributed by atoms with E-state index in [1.807, 2.05) is 40.0 Å².